The van der Waals surface area contributed by atoms with E-state index >= 15 is 0 Å². The minimum atomic E-state index is -0.191. The molecule has 3 rings (SSSR count). The fraction of sp³-hybridized carbons (Fsp3) is 0.278. The maximum atomic E-state index is 12.7. The Morgan fingerprint density at radius 3 is 2.83 bits per heavy atom. The van der Waals surface area contributed by atoms with Crippen molar-refractivity contribution in [1.82, 2.24) is 0 Å². The number of carbonyl (C=O) groups is 1. The number of hydrogen-bond donors (Lipinski definition) is 2. The highest BCUT2D eigenvalue weighted by molar-refractivity contribution is 6.02. The molecular weight excluding hydrogens is 292 g/mol. The standard InChI is InChI=1S/C18H20N2O3/c1-23-17-10-9-14(12-16(17)21)19-18(22)20-11-5-4-7-13-6-2-3-8-15(13)20/h2-3,6,8-10,12,21H,4-5,7,11H2,1H3,(H,19,22). The zero-order chi connectivity index (χ0) is 16.2. The van der Waals surface area contributed by atoms with Crippen LogP contribution in [-0.2, 0) is 6.42 Å². The van der Waals surface area contributed by atoms with E-state index in [0.717, 1.165) is 24.9 Å². The largest absolute Gasteiger partial charge is 0.504 e. The maximum Gasteiger partial charge on any atom is 0.326 e. The Balaban J connectivity index is 1.82. The number of ether oxygens (including phenoxy) is 1. The van der Waals surface area contributed by atoms with Crippen LogP contribution in [0.4, 0.5) is 16.2 Å². The molecular formula is C18H20N2O3. The molecule has 0 aliphatic carbocycles. The Labute approximate surface area is 135 Å². The Morgan fingerprint density at radius 1 is 1.22 bits per heavy atom. The number of amides is 2. The van der Waals surface area contributed by atoms with Crippen molar-refractivity contribution in [2.24, 2.45) is 0 Å². The zero-order valence-corrected chi connectivity index (χ0v) is 13.1. The SMILES string of the molecule is COc1ccc(NC(=O)N2CCCCc3ccccc32)cc1O. The molecule has 0 atom stereocenters. The lowest BCUT2D eigenvalue weighted by molar-refractivity contribution is 0.257. The van der Waals surface area contributed by atoms with Crippen LogP contribution in [0.15, 0.2) is 42.5 Å². The molecule has 0 saturated carbocycles. The summed E-state index contributed by atoms with van der Waals surface area (Å²) in [6.07, 6.45) is 3.03. The minimum absolute atomic E-state index is 0.00145. The second-order valence-electron chi connectivity index (χ2n) is 5.55. The summed E-state index contributed by atoms with van der Waals surface area (Å²) in [5.41, 5.74) is 2.69. The quantitative estimate of drug-likeness (QED) is 0.887. The highest BCUT2D eigenvalue weighted by Crippen LogP contribution is 2.30. The van der Waals surface area contributed by atoms with Gasteiger partial charge >= 0.3 is 6.03 Å². The lowest BCUT2D eigenvalue weighted by Gasteiger charge is -2.23. The average molecular weight is 312 g/mol. The number of fused-ring (bicyclic) bond motifs is 1. The molecule has 2 amide bonds. The van der Waals surface area contributed by atoms with E-state index in [-0.39, 0.29) is 11.8 Å². The molecule has 0 aromatic heterocycles. The van der Waals surface area contributed by atoms with E-state index in [2.05, 4.69) is 11.4 Å². The monoisotopic (exact) mass is 312 g/mol. The van der Waals surface area contributed by atoms with Gasteiger partial charge in [0.1, 0.15) is 0 Å². The van der Waals surface area contributed by atoms with Crippen LogP contribution in [0.1, 0.15) is 18.4 Å². The molecule has 0 spiro atoms. The van der Waals surface area contributed by atoms with Crippen molar-refractivity contribution in [1.29, 1.82) is 0 Å². The molecule has 2 aromatic rings. The van der Waals surface area contributed by atoms with Gasteiger partial charge in [0.2, 0.25) is 0 Å². The van der Waals surface area contributed by atoms with Gasteiger partial charge in [-0.2, -0.15) is 0 Å². The Kier molecular flexibility index (Phi) is 4.37. The van der Waals surface area contributed by atoms with Gasteiger partial charge in [-0.1, -0.05) is 18.2 Å². The molecule has 1 aliphatic rings. The maximum absolute atomic E-state index is 12.7. The van der Waals surface area contributed by atoms with Crippen molar-refractivity contribution in [3.63, 3.8) is 0 Å². The van der Waals surface area contributed by atoms with Crippen molar-refractivity contribution < 1.29 is 14.6 Å². The fourth-order valence-corrected chi connectivity index (χ4v) is 2.86. The lowest BCUT2D eigenvalue weighted by Crippen LogP contribution is -2.35. The van der Waals surface area contributed by atoms with Gasteiger partial charge in [-0.05, 0) is 43.0 Å². The molecule has 0 saturated heterocycles. The summed E-state index contributed by atoms with van der Waals surface area (Å²) in [4.78, 5) is 14.4. The molecule has 5 nitrogen and oxygen atoms in total. The smallest absolute Gasteiger partial charge is 0.326 e. The van der Waals surface area contributed by atoms with E-state index in [0.29, 0.717) is 18.0 Å². The first kappa shape index (κ1) is 15.2. The van der Waals surface area contributed by atoms with Crippen LogP contribution in [-0.4, -0.2) is 24.8 Å². The van der Waals surface area contributed by atoms with Gasteiger partial charge < -0.3 is 15.2 Å². The van der Waals surface area contributed by atoms with E-state index in [1.54, 1.807) is 17.0 Å². The van der Waals surface area contributed by atoms with Gasteiger partial charge in [0.25, 0.3) is 0 Å². The number of aryl methyl sites for hydroxylation is 1. The Bertz CT molecular complexity index is 715. The van der Waals surface area contributed by atoms with Crippen LogP contribution >= 0.6 is 0 Å². The molecule has 23 heavy (non-hydrogen) atoms. The summed E-state index contributed by atoms with van der Waals surface area (Å²) in [6.45, 7) is 0.685. The zero-order valence-electron chi connectivity index (χ0n) is 13.1. The van der Waals surface area contributed by atoms with E-state index in [1.165, 1.54) is 18.7 Å². The summed E-state index contributed by atoms with van der Waals surface area (Å²) in [7, 11) is 1.49. The summed E-state index contributed by atoms with van der Waals surface area (Å²) in [5.74, 6) is 0.379. The molecule has 0 fully saturated rings. The predicted octanol–water partition coefficient (Wildman–Crippen LogP) is 3.78. The van der Waals surface area contributed by atoms with Gasteiger partial charge in [0.15, 0.2) is 11.5 Å². The predicted molar refractivity (Wildman–Crippen MR) is 90.4 cm³/mol. The van der Waals surface area contributed by atoms with E-state index in [9.17, 15) is 9.90 Å². The lowest BCUT2D eigenvalue weighted by atomic mass is 10.1. The van der Waals surface area contributed by atoms with Gasteiger partial charge in [0.05, 0.1) is 7.11 Å². The molecule has 5 heteroatoms. The molecule has 2 aromatic carbocycles. The molecule has 2 N–H and O–H groups in total. The molecule has 1 heterocycles. The molecule has 0 unspecified atom stereocenters. The number of carbonyl (C=O) groups excluding carboxylic acids is 1. The number of nitrogens with one attached hydrogen (secondary N) is 1. The van der Waals surface area contributed by atoms with E-state index in [4.69, 9.17) is 4.74 Å². The number of hydrogen-bond acceptors (Lipinski definition) is 3. The third-order valence-corrected chi connectivity index (χ3v) is 4.04. The number of rotatable bonds is 2. The Hall–Kier alpha value is -2.69. The third-order valence-electron chi connectivity index (χ3n) is 4.04. The topological polar surface area (TPSA) is 61.8 Å². The van der Waals surface area contributed by atoms with E-state index < -0.39 is 0 Å². The second-order valence-corrected chi connectivity index (χ2v) is 5.55. The normalized spacial score (nSPS) is 13.9. The van der Waals surface area contributed by atoms with Crippen LogP contribution in [0.3, 0.4) is 0 Å². The average Bonchev–Trinajstić information content (AvgIpc) is 2.77. The fourth-order valence-electron chi connectivity index (χ4n) is 2.86. The number of anilines is 2. The number of phenolic OH excluding ortho intramolecular Hbond substituents is 1. The van der Waals surface area contributed by atoms with Gasteiger partial charge in [-0.15, -0.1) is 0 Å². The first-order valence-electron chi connectivity index (χ1n) is 7.72. The molecule has 1 aliphatic heterocycles. The van der Waals surface area contributed by atoms with Crippen LogP contribution in [0.2, 0.25) is 0 Å². The van der Waals surface area contributed by atoms with Crippen molar-refractivity contribution in [2.45, 2.75) is 19.3 Å². The number of nitrogens with zero attached hydrogens (tertiary/aromatic N) is 1. The second kappa shape index (κ2) is 6.60. The van der Waals surface area contributed by atoms with Crippen molar-refractivity contribution in [3.8, 4) is 11.5 Å². The molecule has 0 radical (unpaired) electrons. The molecule has 0 bridgehead atoms. The third kappa shape index (κ3) is 3.23. The van der Waals surface area contributed by atoms with Gasteiger partial charge in [0, 0.05) is 24.0 Å². The molecule has 120 valence electrons. The van der Waals surface area contributed by atoms with Gasteiger partial charge in [-0.25, -0.2) is 4.79 Å². The highest BCUT2D eigenvalue weighted by Gasteiger charge is 2.21. The first-order valence-corrected chi connectivity index (χ1v) is 7.72. The first-order chi connectivity index (χ1) is 11.2. The van der Waals surface area contributed by atoms with Crippen molar-refractivity contribution in [3.05, 3.63) is 48.0 Å². The minimum Gasteiger partial charge on any atom is -0.504 e. The van der Waals surface area contributed by atoms with Crippen molar-refractivity contribution >= 4 is 17.4 Å². The highest BCUT2D eigenvalue weighted by atomic mass is 16.5. The Morgan fingerprint density at radius 2 is 2.04 bits per heavy atom. The number of benzene rings is 2. The van der Waals surface area contributed by atoms with Crippen LogP contribution in [0.25, 0.3) is 0 Å². The van der Waals surface area contributed by atoms with Crippen LogP contribution in [0, 0.1) is 0 Å². The summed E-state index contributed by atoms with van der Waals surface area (Å²) in [6, 6.07) is 12.6. The summed E-state index contributed by atoms with van der Waals surface area (Å²) < 4.78 is 5.01. The van der Waals surface area contributed by atoms with E-state index in [1.807, 2.05) is 18.2 Å². The van der Waals surface area contributed by atoms with Crippen LogP contribution in [0.5, 0.6) is 11.5 Å². The summed E-state index contributed by atoms with van der Waals surface area (Å²) >= 11 is 0. The number of phenols is 1. The van der Waals surface area contributed by atoms with Gasteiger partial charge in [-0.3, -0.25) is 4.90 Å². The number of methoxy groups -OCH3 is 1. The summed E-state index contributed by atoms with van der Waals surface area (Å²) in [5, 5.41) is 12.7. The number of para-hydroxylation sites is 1. The van der Waals surface area contributed by atoms with Crippen LogP contribution < -0.4 is 15.0 Å². The number of aromatic hydroxyl groups is 1. The van der Waals surface area contributed by atoms with Crippen molar-refractivity contribution in [2.75, 3.05) is 23.9 Å². The number of urea groups is 1.